The molecule has 1 aromatic rings. The molecular formula is C15H24N2O3S. The van der Waals surface area contributed by atoms with E-state index < -0.39 is 0 Å². The van der Waals surface area contributed by atoms with Gasteiger partial charge in [0.2, 0.25) is 0 Å². The summed E-state index contributed by atoms with van der Waals surface area (Å²) in [6.07, 6.45) is 5.35. The zero-order valence-corrected chi connectivity index (χ0v) is 13.5. The molecule has 0 radical (unpaired) electrons. The minimum absolute atomic E-state index is 0.0670. The summed E-state index contributed by atoms with van der Waals surface area (Å²) in [5, 5.41) is 13.4. The summed E-state index contributed by atoms with van der Waals surface area (Å²) in [6, 6.07) is 0.0670. The molecule has 0 spiro atoms. The van der Waals surface area contributed by atoms with Crippen LogP contribution in [-0.2, 0) is 11.3 Å². The van der Waals surface area contributed by atoms with E-state index in [1.807, 2.05) is 6.92 Å². The van der Waals surface area contributed by atoms with Crippen molar-refractivity contribution in [3.63, 3.8) is 0 Å². The highest BCUT2D eigenvalue weighted by molar-refractivity contribution is 7.13. The van der Waals surface area contributed by atoms with E-state index in [1.54, 1.807) is 7.11 Å². The van der Waals surface area contributed by atoms with Crippen molar-refractivity contribution >= 4 is 17.2 Å². The molecule has 1 heterocycles. The van der Waals surface area contributed by atoms with Gasteiger partial charge in [0.15, 0.2) is 0 Å². The second-order valence-electron chi connectivity index (χ2n) is 5.62. The van der Waals surface area contributed by atoms with E-state index in [2.05, 4.69) is 10.3 Å². The second-order valence-corrected chi connectivity index (χ2v) is 6.70. The van der Waals surface area contributed by atoms with Crippen molar-refractivity contribution in [1.29, 1.82) is 0 Å². The molecule has 2 unspecified atom stereocenters. The summed E-state index contributed by atoms with van der Waals surface area (Å²) in [5.74, 6) is 0.0980. The van der Waals surface area contributed by atoms with Crippen LogP contribution in [0.25, 0.3) is 0 Å². The lowest BCUT2D eigenvalue weighted by Gasteiger charge is -2.24. The summed E-state index contributed by atoms with van der Waals surface area (Å²) < 4.78 is 5.06. The summed E-state index contributed by atoms with van der Waals surface area (Å²) in [7, 11) is 1.62. The first-order chi connectivity index (χ1) is 10.2. The minimum Gasteiger partial charge on any atom is -0.396 e. The maximum Gasteiger partial charge on any atom is 0.263 e. The third kappa shape index (κ3) is 4.25. The molecule has 2 N–H and O–H groups in total. The molecule has 1 aliphatic carbocycles. The van der Waals surface area contributed by atoms with Crippen molar-refractivity contribution in [1.82, 2.24) is 10.3 Å². The maximum atomic E-state index is 12.5. The van der Waals surface area contributed by atoms with Crippen LogP contribution >= 0.6 is 11.3 Å². The first-order valence-corrected chi connectivity index (χ1v) is 8.34. The molecule has 1 saturated carbocycles. The molecule has 2 atom stereocenters. The molecule has 1 fully saturated rings. The fraction of sp³-hybridized carbons (Fsp3) is 0.733. The smallest absolute Gasteiger partial charge is 0.263 e. The quantitative estimate of drug-likeness (QED) is 0.818. The van der Waals surface area contributed by atoms with Gasteiger partial charge in [-0.15, -0.1) is 11.3 Å². The summed E-state index contributed by atoms with van der Waals surface area (Å²) >= 11 is 1.38. The number of thiazole rings is 1. The van der Waals surface area contributed by atoms with Gasteiger partial charge in [-0.3, -0.25) is 4.79 Å². The Hall–Kier alpha value is -0.980. The van der Waals surface area contributed by atoms with Gasteiger partial charge < -0.3 is 15.2 Å². The van der Waals surface area contributed by atoms with Crippen LogP contribution in [0.4, 0.5) is 0 Å². The average molecular weight is 312 g/mol. The Morgan fingerprint density at radius 1 is 1.43 bits per heavy atom. The Morgan fingerprint density at radius 2 is 2.19 bits per heavy atom. The van der Waals surface area contributed by atoms with Gasteiger partial charge >= 0.3 is 0 Å². The number of hydrogen-bond donors (Lipinski definition) is 2. The van der Waals surface area contributed by atoms with Crippen LogP contribution in [0.5, 0.6) is 0 Å². The van der Waals surface area contributed by atoms with Gasteiger partial charge in [-0.05, 0) is 19.8 Å². The normalized spacial score (nSPS) is 22.8. The fourth-order valence-electron chi connectivity index (χ4n) is 2.88. The second kappa shape index (κ2) is 7.87. The van der Waals surface area contributed by atoms with E-state index in [9.17, 15) is 9.90 Å². The molecular weight excluding hydrogens is 288 g/mol. The van der Waals surface area contributed by atoms with Crippen molar-refractivity contribution in [2.24, 2.45) is 5.92 Å². The van der Waals surface area contributed by atoms with Gasteiger partial charge in [-0.25, -0.2) is 4.98 Å². The number of nitrogens with zero attached hydrogens (tertiary/aromatic N) is 1. The standard InChI is InChI=1S/C15H24N2O3S/c1-10-14(21-13(16-10)9-20-2)15(19)17-12-7-5-3-4-6-11(12)8-18/h11-12,18H,3-9H2,1-2H3,(H,17,19). The number of rotatable bonds is 5. The molecule has 0 aromatic carbocycles. The molecule has 6 heteroatoms. The average Bonchev–Trinajstić information content (AvgIpc) is 2.69. The van der Waals surface area contributed by atoms with Crippen LogP contribution in [0.1, 0.15) is 52.5 Å². The zero-order valence-electron chi connectivity index (χ0n) is 12.7. The zero-order chi connectivity index (χ0) is 15.2. The number of aliphatic hydroxyl groups is 1. The van der Waals surface area contributed by atoms with Gasteiger partial charge in [-0.1, -0.05) is 19.3 Å². The van der Waals surface area contributed by atoms with Crippen molar-refractivity contribution < 1.29 is 14.6 Å². The molecule has 1 amide bonds. The summed E-state index contributed by atoms with van der Waals surface area (Å²) in [4.78, 5) is 17.5. The molecule has 1 aromatic heterocycles. The largest absolute Gasteiger partial charge is 0.396 e. The van der Waals surface area contributed by atoms with E-state index in [-0.39, 0.29) is 24.5 Å². The molecule has 1 aliphatic rings. The van der Waals surface area contributed by atoms with Gasteiger partial charge in [0.05, 0.1) is 12.3 Å². The van der Waals surface area contributed by atoms with Crippen LogP contribution in [0, 0.1) is 12.8 Å². The number of aryl methyl sites for hydroxylation is 1. The Kier molecular flexibility index (Phi) is 6.14. The van der Waals surface area contributed by atoms with E-state index in [4.69, 9.17) is 4.74 Å². The molecule has 0 bridgehead atoms. The number of ether oxygens (including phenoxy) is 1. The van der Waals surface area contributed by atoms with Gasteiger partial charge in [0.1, 0.15) is 9.88 Å². The Balaban J connectivity index is 2.05. The predicted octanol–water partition coefficient (Wildman–Crippen LogP) is 2.27. The molecule has 2 rings (SSSR count). The number of carbonyl (C=O) groups is 1. The SMILES string of the molecule is COCc1nc(C)c(C(=O)NC2CCCCCC2CO)s1. The lowest BCUT2D eigenvalue weighted by molar-refractivity contribution is 0.0903. The highest BCUT2D eigenvalue weighted by atomic mass is 32.1. The van der Waals surface area contributed by atoms with Crippen LogP contribution < -0.4 is 5.32 Å². The summed E-state index contributed by atoms with van der Waals surface area (Å²) in [6.45, 7) is 2.42. The topological polar surface area (TPSA) is 71.5 Å². The molecule has 21 heavy (non-hydrogen) atoms. The third-order valence-electron chi connectivity index (χ3n) is 4.03. The molecule has 5 nitrogen and oxygen atoms in total. The van der Waals surface area contributed by atoms with Gasteiger partial charge in [0.25, 0.3) is 5.91 Å². The van der Waals surface area contributed by atoms with Crippen LogP contribution in [0.15, 0.2) is 0 Å². The first kappa shape index (κ1) is 16.4. The number of aromatic nitrogens is 1. The van der Waals surface area contributed by atoms with Crippen molar-refractivity contribution in [2.75, 3.05) is 13.7 Å². The Bertz CT molecular complexity index is 475. The number of nitrogens with one attached hydrogen (secondary N) is 1. The van der Waals surface area contributed by atoms with Crippen molar-refractivity contribution in [3.05, 3.63) is 15.6 Å². The van der Waals surface area contributed by atoms with Gasteiger partial charge in [0, 0.05) is 25.7 Å². The van der Waals surface area contributed by atoms with Gasteiger partial charge in [-0.2, -0.15) is 0 Å². The van der Waals surface area contributed by atoms with Crippen LogP contribution in [-0.4, -0.2) is 35.8 Å². The van der Waals surface area contributed by atoms with E-state index >= 15 is 0 Å². The maximum absolute atomic E-state index is 12.5. The Morgan fingerprint density at radius 3 is 2.90 bits per heavy atom. The predicted molar refractivity (Wildman–Crippen MR) is 82.5 cm³/mol. The molecule has 118 valence electrons. The lowest BCUT2D eigenvalue weighted by atomic mass is 9.95. The van der Waals surface area contributed by atoms with Crippen LogP contribution in [0.3, 0.4) is 0 Å². The number of methoxy groups -OCH3 is 1. The first-order valence-electron chi connectivity index (χ1n) is 7.52. The summed E-state index contributed by atoms with van der Waals surface area (Å²) in [5.41, 5.74) is 0.749. The number of hydrogen-bond acceptors (Lipinski definition) is 5. The van der Waals surface area contributed by atoms with E-state index in [0.717, 1.165) is 36.4 Å². The highest BCUT2D eigenvalue weighted by Gasteiger charge is 2.26. The van der Waals surface area contributed by atoms with E-state index in [0.29, 0.717) is 11.5 Å². The minimum atomic E-state index is -0.0716. The lowest BCUT2D eigenvalue weighted by Crippen LogP contribution is -2.41. The van der Waals surface area contributed by atoms with Crippen molar-refractivity contribution in [3.8, 4) is 0 Å². The fourth-order valence-corrected chi connectivity index (χ4v) is 3.82. The van der Waals surface area contributed by atoms with E-state index in [1.165, 1.54) is 17.8 Å². The number of carbonyl (C=O) groups excluding carboxylic acids is 1. The van der Waals surface area contributed by atoms with Crippen molar-refractivity contribution in [2.45, 2.75) is 51.7 Å². The third-order valence-corrected chi connectivity index (χ3v) is 5.15. The highest BCUT2D eigenvalue weighted by Crippen LogP contribution is 2.25. The Labute approximate surface area is 129 Å². The molecule has 0 aliphatic heterocycles. The number of aliphatic hydroxyl groups excluding tert-OH is 1. The molecule has 0 saturated heterocycles. The monoisotopic (exact) mass is 312 g/mol. The number of amides is 1. The van der Waals surface area contributed by atoms with Crippen LogP contribution in [0.2, 0.25) is 0 Å².